The van der Waals surface area contributed by atoms with Gasteiger partial charge >= 0.3 is 5.97 Å². The molecule has 14 nitrogen and oxygen atoms in total. The Bertz CT molecular complexity index is 1550. The number of esters is 1. The minimum Gasteiger partial charge on any atom is -0.457 e. The number of unbranched alkanes of at least 4 members (excludes halogenated alkanes) is 23. The van der Waals surface area contributed by atoms with E-state index in [0.717, 1.165) is 96.3 Å². The molecule has 0 aromatic carbocycles. The third-order valence-electron chi connectivity index (χ3n) is 14.2. The van der Waals surface area contributed by atoms with Crippen LogP contribution in [0.1, 0.15) is 219 Å². The number of carbonyl (C=O) groups is 1. The average Bonchev–Trinajstić information content (AvgIpc) is 3.43. The number of ether oxygens (including phenoxy) is 6. The minimum atomic E-state index is -1.71. The first kappa shape index (κ1) is 70.5. The maximum Gasteiger partial charge on any atom is 0.306 e. The lowest BCUT2D eigenvalue weighted by Gasteiger charge is -2.42. The van der Waals surface area contributed by atoms with Crippen molar-refractivity contribution in [2.75, 3.05) is 33.0 Å². The Balaban J connectivity index is 1.71. The Morgan fingerprint density at radius 2 is 0.844 bits per heavy atom. The third kappa shape index (κ3) is 35.7. The van der Waals surface area contributed by atoms with E-state index >= 15 is 0 Å². The standard InChI is InChI=1S/C63H110O14/c1-3-5-7-9-11-13-15-17-19-21-23-24-25-26-27-28-29-30-32-34-36-38-40-42-44-46-55(65)75-52(49-72-47-45-43-41-39-37-35-33-31-22-20-18-16-14-12-10-8-6-4-2)50-73-62-61(71)59(69)57(67)54(77-62)51-74-63-60(70)58(68)56(66)53(48-64)76-63/h5,7,11,13,17,19,23-24,26-27,29-30,52-54,56-64,66-71H,3-4,6,8-10,12,14-16,18,20-22,25,28,31-51H2,1-2H3/b7-5-,13-11-,19-17-,24-23-,27-26-,30-29-. The zero-order valence-corrected chi connectivity index (χ0v) is 47.9. The van der Waals surface area contributed by atoms with Gasteiger partial charge in [-0.1, -0.05) is 222 Å². The van der Waals surface area contributed by atoms with Gasteiger partial charge in [0.05, 0.1) is 26.4 Å². The molecule has 2 aliphatic heterocycles. The summed E-state index contributed by atoms with van der Waals surface area (Å²) >= 11 is 0. The third-order valence-corrected chi connectivity index (χ3v) is 14.2. The summed E-state index contributed by atoms with van der Waals surface area (Å²) < 4.78 is 34.4. The molecule has 0 saturated carbocycles. The summed E-state index contributed by atoms with van der Waals surface area (Å²) in [7, 11) is 0. The molecule has 7 N–H and O–H groups in total. The number of hydrogen-bond donors (Lipinski definition) is 7. The lowest BCUT2D eigenvalue weighted by Crippen LogP contribution is -2.61. The van der Waals surface area contributed by atoms with Crippen LogP contribution in [0.15, 0.2) is 72.9 Å². The molecule has 14 heteroatoms. The number of hydrogen-bond acceptors (Lipinski definition) is 14. The molecule has 0 aromatic rings. The van der Waals surface area contributed by atoms with E-state index in [4.69, 9.17) is 28.4 Å². The van der Waals surface area contributed by atoms with Crippen molar-refractivity contribution >= 4 is 5.97 Å². The molecule has 77 heavy (non-hydrogen) atoms. The van der Waals surface area contributed by atoms with Crippen molar-refractivity contribution in [2.24, 2.45) is 0 Å². The van der Waals surface area contributed by atoms with Gasteiger partial charge in [-0.15, -0.1) is 0 Å². The fourth-order valence-electron chi connectivity index (χ4n) is 9.35. The summed E-state index contributed by atoms with van der Waals surface area (Å²) in [4.78, 5) is 13.1. The first-order valence-corrected chi connectivity index (χ1v) is 30.5. The topological polar surface area (TPSA) is 214 Å². The number of allylic oxidation sites excluding steroid dienone is 12. The van der Waals surface area contributed by atoms with Gasteiger partial charge in [0.25, 0.3) is 0 Å². The van der Waals surface area contributed by atoms with Crippen LogP contribution in [0.5, 0.6) is 0 Å². The number of carbonyl (C=O) groups excluding carboxylic acids is 1. The van der Waals surface area contributed by atoms with Crippen molar-refractivity contribution in [1.29, 1.82) is 0 Å². The highest BCUT2D eigenvalue weighted by atomic mass is 16.7. The summed E-state index contributed by atoms with van der Waals surface area (Å²) in [6, 6.07) is 0. The van der Waals surface area contributed by atoms with Crippen molar-refractivity contribution in [2.45, 2.75) is 287 Å². The van der Waals surface area contributed by atoms with Crippen molar-refractivity contribution < 1.29 is 69.0 Å². The van der Waals surface area contributed by atoms with Gasteiger partial charge in [0.1, 0.15) is 54.9 Å². The van der Waals surface area contributed by atoms with Crippen LogP contribution < -0.4 is 0 Å². The summed E-state index contributed by atoms with van der Waals surface area (Å²) in [5, 5.41) is 72.4. The molecule has 2 aliphatic rings. The number of aliphatic hydroxyl groups excluding tert-OH is 7. The van der Waals surface area contributed by atoms with Gasteiger partial charge in [-0.05, 0) is 64.2 Å². The lowest BCUT2D eigenvalue weighted by atomic mass is 9.98. The second kappa shape index (κ2) is 49.3. The molecular weight excluding hydrogens is 981 g/mol. The zero-order valence-electron chi connectivity index (χ0n) is 47.9. The van der Waals surface area contributed by atoms with E-state index in [1.165, 1.54) is 96.3 Å². The van der Waals surface area contributed by atoms with E-state index in [9.17, 15) is 40.5 Å². The molecule has 2 saturated heterocycles. The maximum atomic E-state index is 13.1. The highest BCUT2D eigenvalue weighted by Crippen LogP contribution is 2.27. The van der Waals surface area contributed by atoms with Crippen LogP contribution in [-0.4, -0.2) is 142 Å². The van der Waals surface area contributed by atoms with E-state index in [0.29, 0.717) is 13.0 Å². The molecule has 0 radical (unpaired) electrons. The highest BCUT2D eigenvalue weighted by molar-refractivity contribution is 5.69. The molecule has 2 heterocycles. The van der Waals surface area contributed by atoms with Gasteiger partial charge < -0.3 is 64.2 Å². The minimum absolute atomic E-state index is 0.0547. The van der Waals surface area contributed by atoms with Crippen LogP contribution in [0, 0.1) is 0 Å². The van der Waals surface area contributed by atoms with Crippen molar-refractivity contribution in [1.82, 2.24) is 0 Å². The van der Waals surface area contributed by atoms with Gasteiger partial charge in [0.2, 0.25) is 0 Å². The molecule has 0 spiro atoms. The Morgan fingerprint density at radius 3 is 1.32 bits per heavy atom. The predicted octanol–water partition coefficient (Wildman–Crippen LogP) is 11.4. The van der Waals surface area contributed by atoms with E-state index in [1.807, 2.05) is 0 Å². The van der Waals surface area contributed by atoms with E-state index < -0.39 is 80.7 Å². The van der Waals surface area contributed by atoms with Crippen LogP contribution in [0.4, 0.5) is 0 Å². The number of aliphatic hydroxyl groups is 7. The Kier molecular flexibility index (Phi) is 45.1. The molecule has 11 atom stereocenters. The molecule has 2 rings (SSSR count). The van der Waals surface area contributed by atoms with Crippen LogP contribution in [-0.2, 0) is 33.2 Å². The second-order valence-corrected chi connectivity index (χ2v) is 21.2. The second-order valence-electron chi connectivity index (χ2n) is 21.2. The van der Waals surface area contributed by atoms with Gasteiger partial charge in [-0.2, -0.15) is 0 Å². The SMILES string of the molecule is CC/C=C\C/C=C\C/C=C\C/C=C\C/C=C\C/C=C\CCCCCCCCC(=O)OC(COCCCCCCCCCCCCCCCCCCCC)COC1OC(COC2OC(CO)C(O)C(O)C2O)C(O)C(O)C1O. The monoisotopic (exact) mass is 1090 g/mol. The van der Waals surface area contributed by atoms with Crippen molar-refractivity contribution in [3.63, 3.8) is 0 Å². The maximum absolute atomic E-state index is 13.1. The van der Waals surface area contributed by atoms with Crippen LogP contribution >= 0.6 is 0 Å². The van der Waals surface area contributed by atoms with Crippen LogP contribution in [0.25, 0.3) is 0 Å². The molecule has 2 fully saturated rings. The fraction of sp³-hybridized carbons (Fsp3) is 0.794. The van der Waals surface area contributed by atoms with Crippen molar-refractivity contribution in [3.05, 3.63) is 72.9 Å². The van der Waals surface area contributed by atoms with Gasteiger partial charge in [0.15, 0.2) is 12.6 Å². The van der Waals surface area contributed by atoms with Gasteiger partial charge in [0, 0.05) is 13.0 Å². The normalized spacial score (nSPS) is 24.8. The molecule has 0 aromatic heterocycles. The lowest BCUT2D eigenvalue weighted by molar-refractivity contribution is -0.332. The zero-order chi connectivity index (χ0) is 55.8. The van der Waals surface area contributed by atoms with Gasteiger partial charge in [-0.25, -0.2) is 0 Å². The largest absolute Gasteiger partial charge is 0.457 e. The van der Waals surface area contributed by atoms with Crippen molar-refractivity contribution in [3.8, 4) is 0 Å². The summed E-state index contributed by atoms with van der Waals surface area (Å²) in [5.74, 6) is -0.389. The molecule has 0 aliphatic carbocycles. The molecule has 11 unspecified atom stereocenters. The first-order chi connectivity index (χ1) is 37.6. The summed E-state index contributed by atoms with van der Waals surface area (Å²) in [5.41, 5.74) is 0. The Hall–Kier alpha value is -2.57. The average molecular weight is 1090 g/mol. The molecule has 0 bridgehead atoms. The molecule has 446 valence electrons. The summed E-state index contributed by atoms with van der Waals surface area (Å²) in [6.07, 6.45) is 46.7. The molecular formula is C63H110O14. The van der Waals surface area contributed by atoms with Gasteiger partial charge in [-0.3, -0.25) is 4.79 Å². The first-order valence-electron chi connectivity index (χ1n) is 30.5. The Labute approximate surface area is 466 Å². The highest BCUT2D eigenvalue weighted by Gasteiger charge is 2.47. The van der Waals surface area contributed by atoms with E-state index in [2.05, 4.69) is 86.8 Å². The van der Waals surface area contributed by atoms with E-state index in [1.54, 1.807) is 0 Å². The van der Waals surface area contributed by atoms with Crippen LogP contribution in [0.2, 0.25) is 0 Å². The van der Waals surface area contributed by atoms with E-state index in [-0.39, 0.29) is 25.6 Å². The predicted molar refractivity (Wildman–Crippen MR) is 307 cm³/mol. The quantitative estimate of drug-likeness (QED) is 0.0172. The summed E-state index contributed by atoms with van der Waals surface area (Å²) in [6.45, 7) is 3.58. The fourth-order valence-corrected chi connectivity index (χ4v) is 9.35. The number of rotatable bonds is 49. The Morgan fingerprint density at radius 1 is 0.442 bits per heavy atom. The molecule has 0 amide bonds. The smallest absolute Gasteiger partial charge is 0.306 e. The van der Waals surface area contributed by atoms with Crippen LogP contribution in [0.3, 0.4) is 0 Å².